The van der Waals surface area contributed by atoms with Crippen LogP contribution in [0.2, 0.25) is 0 Å². The van der Waals surface area contributed by atoms with Crippen molar-refractivity contribution in [3.63, 3.8) is 0 Å². The highest BCUT2D eigenvalue weighted by molar-refractivity contribution is 5.15. The van der Waals surface area contributed by atoms with Crippen molar-refractivity contribution in [2.24, 2.45) is 5.41 Å². The van der Waals surface area contributed by atoms with Crippen molar-refractivity contribution >= 4 is 0 Å². The van der Waals surface area contributed by atoms with Crippen molar-refractivity contribution in [2.45, 2.75) is 171 Å². The van der Waals surface area contributed by atoms with Crippen LogP contribution >= 0.6 is 0 Å². The minimum atomic E-state index is -0.118. The summed E-state index contributed by atoms with van der Waals surface area (Å²) in [5.74, 6) is 0. The molecule has 206 valence electrons. The molecule has 5 saturated heterocycles. The lowest BCUT2D eigenvalue weighted by atomic mass is 9.65. The Balaban J connectivity index is 0.972. The molecule has 5 aliphatic heterocycles. The molecule has 6 aliphatic rings. The fourth-order valence-electron chi connectivity index (χ4n) is 7.42. The van der Waals surface area contributed by atoms with Crippen LogP contribution in [-0.2, 0) is 28.4 Å². The largest absolute Gasteiger partial charge is 0.376 e. The van der Waals surface area contributed by atoms with E-state index in [1.54, 1.807) is 0 Å². The van der Waals surface area contributed by atoms with Gasteiger partial charge in [0, 0.05) is 12.0 Å². The zero-order valence-electron chi connectivity index (χ0n) is 23.8. The van der Waals surface area contributed by atoms with Crippen LogP contribution in [0.1, 0.15) is 113 Å². The smallest absolute Gasteiger partial charge is 0.0955 e. The average molecular weight is 507 g/mol. The van der Waals surface area contributed by atoms with Gasteiger partial charge in [0.15, 0.2) is 0 Å². The van der Waals surface area contributed by atoms with Gasteiger partial charge in [0.2, 0.25) is 0 Å². The Morgan fingerprint density at radius 3 is 2.06 bits per heavy atom. The van der Waals surface area contributed by atoms with Gasteiger partial charge in [-0.3, -0.25) is 0 Å². The minimum absolute atomic E-state index is 0.0363. The molecule has 36 heavy (non-hydrogen) atoms. The van der Waals surface area contributed by atoms with Crippen molar-refractivity contribution in [2.75, 3.05) is 13.2 Å². The Bertz CT molecular complexity index is 850. The number of ether oxygens (including phenoxy) is 6. The molecule has 0 aromatic carbocycles. The van der Waals surface area contributed by atoms with Crippen molar-refractivity contribution < 1.29 is 28.4 Å². The second-order valence-corrected chi connectivity index (χ2v) is 14.9. The summed E-state index contributed by atoms with van der Waals surface area (Å²) in [6.45, 7) is 17.2. The maximum absolute atomic E-state index is 6.48. The van der Waals surface area contributed by atoms with Crippen LogP contribution < -0.4 is 0 Å². The number of hydrogen-bond donors (Lipinski definition) is 0. The van der Waals surface area contributed by atoms with Gasteiger partial charge in [-0.25, -0.2) is 0 Å². The molecule has 6 rings (SSSR count). The Morgan fingerprint density at radius 1 is 0.778 bits per heavy atom. The number of hydrogen-bond acceptors (Lipinski definition) is 6. The minimum Gasteiger partial charge on any atom is -0.376 e. The molecule has 6 fully saturated rings. The molecule has 0 amide bonds. The van der Waals surface area contributed by atoms with E-state index in [0.29, 0.717) is 30.5 Å². The van der Waals surface area contributed by atoms with Crippen LogP contribution in [0.15, 0.2) is 0 Å². The third-order valence-electron chi connectivity index (χ3n) is 10.7. The first kappa shape index (κ1) is 26.0. The van der Waals surface area contributed by atoms with Crippen molar-refractivity contribution in [3.05, 3.63) is 0 Å². The third kappa shape index (κ3) is 5.29. The summed E-state index contributed by atoms with van der Waals surface area (Å²) in [7, 11) is 0. The summed E-state index contributed by atoms with van der Waals surface area (Å²) in [6.07, 6.45) is 13.1. The highest BCUT2D eigenvalue weighted by Gasteiger charge is 2.66. The monoisotopic (exact) mass is 506 g/mol. The predicted octanol–water partition coefficient (Wildman–Crippen LogP) is 5.73. The summed E-state index contributed by atoms with van der Waals surface area (Å²) in [5, 5.41) is 0. The molecule has 8 unspecified atom stereocenters. The van der Waals surface area contributed by atoms with Gasteiger partial charge in [-0.05, 0) is 113 Å². The highest BCUT2D eigenvalue weighted by Crippen LogP contribution is 2.62. The molecule has 0 aromatic heterocycles. The SMILES string of the molecule is CC(C)(CCC1OC1(C)C)OCCC1(C2CO2)CCC2OC2(CCC2OC2(C)CCC2OC2(C)C)C1. The van der Waals surface area contributed by atoms with Crippen molar-refractivity contribution in [1.82, 2.24) is 0 Å². The van der Waals surface area contributed by atoms with Gasteiger partial charge >= 0.3 is 0 Å². The molecule has 0 aromatic rings. The lowest BCUT2D eigenvalue weighted by molar-refractivity contribution is -0.0481. The first-order chi connectivity index (χ1) is 16.8. The summed E-state index contributed by atoms with van der Waals surface area (Å²) in [6, 6.07) is 0. The van der Waals surface area contributed by atoms with Crippen LogP contribution in [0.4, 0.5) is 0 Å². The lowest BCUT2D eigenvalue weighted by Gasteiger charge is -2.39. The summed E-state index contributed by atoms with van der Waals surface area (Å²) < 4.78 is 36.6. The van der Waals surface area contributed by atoms with Gasteiger partial charge in [0.1, 0.15) is 0 Å². The van der Waals surface area contributed by atoms with Crippen molar-refractivity contribution in [3.8, 4) is 0 Å². The second kappa shape index (κ2) is 8.38. The highest BCUT2D eigenvalue weighted by atomic mass is 16.6. The van der Waals surface area contributed by atoms with Crippen LogP contribution in [0.3, 0.4) is 0 Å². The van der Waals surface area contributed by atoms with Gasteiger partial charge in [-0.15, -0.1) is 0 Å². The molecule has 6 heteroatoms. The summed E-state index contributed by atoms with van der Waals surface area (Å²) >= 11 is 0. The average Bonchev–Trinajstić information content (AvgIpc) is 3.59. The zero-order valence-corrected chi connectivity index (χ0v) is 23.8. The van der Waals surface area contributed by atoms with E-state index in [9.17, 15) is 0 Å². The normalized spacial score (nSPS) is 47.2. The Kier molecular flexibility index (Phi) is 6.05. The molecule has 6 nitrogen and oxygen atoms in total. The van der Waals surface area contributed by atoms with E-state index in [0.717, 1.165) is 71.0 Å². The van der Waals surface area contributed by atoms with E-state index in [-0.39, 0.29) is 33.4 Å². The van der Waals surface area contributed by atoms with E-state index in [2.05, 4.69) is 48.5 Å². The Hall–Kier alpha value is -0.240. The van der Waals surface area contributed by atoms with Crippen LogP contribution in [0.5, 0.6) is 0 Å². The van der Waals surface area contributed by atoms with Crippen molar-refractivity contribution in [1.29, 1.82) is 0 Å². The number of epoxide rings is 5. The summed E-state index contributed by atoms with van der Waals surface area (Å²) in [4.78, 5) is 0. The topological polar surface area (TPSA) is 71.9 Å². The summed E-state index contributed by atoms with van der Waals surface area (Å²) in [5.41, 5.74) is 0.302. The molecular weight excluding hydrogens is 456 g/mol. The Labute approximate surface area is 218 Å². The van der Waals surface area contributed by atoms with Gasteiger partial charge < -0.3 is 28.4 Å². The van der Waals surface area contributed by atoms with Gasteiger partial charge in [0.05, 0.1) is 65.1 Å². The molecular formula is C30H50O6. The maximum atomic E-state index is 6.48. The molecule has 8 atom stereocenters. The first-order valence-electron chi connectivity index (χ1n) is 14.7. The van der Waals surface area contributed by atoms with Crippen LogP contribution in [0, 0.1) is 5.41 Å². The number of rotatable bonds is 14. The van der Waals surface area contributed by atoms with E-state index in [1.165, 1.54) is 6.42 Å². The maximum Gasteiger partial charge on any atom is 0.0955 e. The van der Waals surface area contributed by atoms with Crippen LogP contribution in [0.25, 0.3) is 0 Å². The molecule has 1 saturated carbocycles. The second-order valence-electron chi connectivity index (χ2n) is 14.9. The molecule has 0 bridgehead atoms. The predicted molar refractivity (Wildman–Crippen MR) is 137 cm³/mol. The molecule has 1 aliphatic carbocycles. The first-order valence-corrected chi connectivity index (χ1v) is 14.7. The molecule has 0 N–H and O–H groups in total. The zero-order chi connectivity index (χ0) is 25.6. The molecule has 0 radical (unpaired) electrons. The molecule has 5 heterocycles. The van der Waals surface area contributed by atoms with Crippen LogP contribution in [-0.4, -0.2) is 71.7 Å². The molecule has 0 spiro atoms. The fraction of sp³-hybridized carbons (Fsp3) is 1.00. The quantitative estimate of drug-likeness (QED) is 0.280. The number of fused-ring (bicyclic) bond motifs is 1. The van der Waals surface area contributed by atoms with Gasteiger partial charge in [0.25, 0.3) is 0 Å². The van der Waals surface area contributed by atoms with E-state index in [4.69, 9.17) is 28.4 Å². The van der Waals surface area contributed by atoms with E-state index < -0.39 is 0 Å². The van der Waals surface area contributed by atoms with E-state index >= 15 is 0 Å². The lowest BCUT2D eigenvalue weighted by Crippen LogP contribution is -2.40. The fourth-order valence-corrected chi connectivity index (χ4v) is 7.42. The van der Waals surface area contributed by atoms with Gasteiger partial charge in [-0.1, -0.05) is 0 Å². The van der Waals surface area contributed by atoms with Gasteiger partial charge in [-0.2, -0.15) is 0 Å². The third-order valence-corrected chi connectivity index (χ3v) is 10.7. The standard InChI is InChI=1S/C30H50O6/c1-25(2,12-8-20-26(3,4)33-20)32-17-16-29(24-18-31-24)14-10-23-30(19-29,36-23)15-11-22-28(7,35-22)13-9-21-27(5,6)34-21/h20-24H,8-19H2,1-7H3. The van der Waals surface area contributed by atoms with E-state index in [1.807, 2.05) is 0 Å². The Morgan fingerprint density at radius 2 is 1.42 bits per heavy atom.